The summed E-state index contributed by atoms with van der Waals surface area (Å²) in [6.07, 6.45) is 2.78. The smallest absolute Gasteiger partial charge is 0.302 e. The molecule has 132 valence electrons. The van der Waals surface area contributed by atoms with Gasteiger partial charge in [0.2, 0.25) is 0 Å². The van der Waals surface area contributed by atoms with Gasteiger partial charge in [-0.15, -0.1) is 0 Å². The van der Waals surface area contributed by atoms with Crippen LogP contribution < -0.4 is 0 Å². The van der Waals surface area contributed by atoms with Gasteiger partial charge in [0.15, 0.2) is 0 Å². The van der Waals surface area contributed by atoms with Crippen LogP contribution in [0.1, 0.15) is 53.9 Å². The van der Waals surface area contributed by atoms with E-state index < -0.39 is 0 Å². The van der Waals surface area contributed by atoms with E-state index in [0.717, 1.165) is 32.5 Å². The second-order valence-electron chi connectivity index (χ2n) is 4.53. The van der Waals surface area contributed by atoms with Crippen molar-refractivity contribution in [1.29, 1.82) is 0 Å². The Morgan fingerprint density at radius 2 is 1.45 bits per heavy atom. The Morgan fingerprint density at radius 1 is 0.864 bits per heavy atom. The van der Waals surface area contributed by atoms with Crippen LogP contribution in [0.2, 0.25) is 0 Å². The number of unbranched alkanes of at least 4 members (excludes halogenated alkanes) is 1. The third-order valence-corrected chi connectivity index (χ3v) is 2.52. The highest BCUT2D eigenvalue weighted by molar-refractivity contribution is 5.66. The second-order valence-corrected chi connectivity index (χ2v) is 4.53. The van der Waals surface area contributed by atoms with Crippen molar-refractivity contribution in [1.82, 2.24) is 0 Å². The Morgan fingerprint density at radius 3 is 1.91 bits per heavy atom. The largest absolute Gasteiger partial charge is 0.466 e. The molecule has 6 nitrogen and oxygen atoms in total. The summed E-state index contributed by atoms with van der Waals surface area (Å²) in [6.45, 7) is 11.8. The Labute approximate surface area is 134 Å². The first-order valence-corrected chi connectivity index (χ1v) is 7.93. The Hall–Kier alpha value is -1.14. The minimum Gasteiger partial charge on any atom is -0.466 e. The lowest BCUT2D eigenvalue weighted by atomic mass is 10.3. The fraction of sp³-hybridized carbons (Fsp3) is 0.875. The van der Waals surface area contributed by atoms with Crippen LogP contribution in [0.4, 0.5) is 0 Å². The van der Waals surface area contributed by atoms with E-state index in [1.54, 1.807) is 0 Å². The van der Waals surface area contributed by atoms with Gasteiger partial charge in [-0.05, 0) is 33.1 Å². The number of esters is 2. The zero-order chi connectivity index (χ0) is 17.2. The molecule has 22 heavy (non-hydrogen) atoms. The molecule has 0 aliphatic heterocycles. The average Bonchev–Trinajstić information content (AvgIpc) is 2.47. The third kappa shape index (κ3) is 21.2. The van der Waals surface area contributed by atoms with Crippen molar-refractivity contribution in [2.24, 2.45) is 0 Å². The van der Waals surface area contributed by atoms with Crippen LogP contribution in [-0.2, 0) is 28.5 Å². The van der Waals surface area contributed by atoms with E-state index in [2.05, 4.69) is 0 Å². The molecule has 0 spiro atoms. The van der Waals surface area contributed by atoms with E-state index in [0.29, 0.717) is 19.8 Å². The van der Waals surface area contributed by atoms with Gasteiger partial charge in [-0.3, -0.25) is 9.59 Å². The van der Waals surface area contributed by atoms with Gasteiger partial charge >= 0.3 is 11.9 Å². The lowest BCUT2D eigenvalue weighted by Gasteiger charge is -2.13. The SMILES string of the molecule is CCOC(CC)COC(C)=O.CCOCCCCOC(C)=O. The summed E-state index contributed by atoms with van der Waals surface area (Å²) < 4.78 is 19.9. The summed E-state index contributed by atoms with van der Waals surface area (Å²) in [6, 6.07) is 0. The van der Waals surface area contributed by atoms with Crippen molar-refractivity contribution in [3.63, 3.8) is 0 Å². The number of ether oxygens (including phenoxy) is 4. The zero-order valence-corrected chi connectivity index (χ0v) is 14.7. The van der Waals surface area contributed by atoms with Crippen LogP contribution in [0, 0.1) is 0 Å². The molecule has 0 fully saturated rings. The maximum Gasteiger partial charge on any atom is 0.302 e. The summed E-state index contributed by atoms with van der Waals surface area (Å²) in [5.74, 6) is -0.454. The number of hydrogen-bond acceptors (Lipinski definition) is 6. The first-order valence-electron chi connectivity index (χ1n) is 7.93. The minimum absolute atomic E-state index is 0.0592. The van der Waals surface area contributed by atoms with Gasteiger partial charge in [-0.1, -0.05) is 6.92 Å². The summed E-state index contributed by atoms with van der Waals surface area (Å²) in [7, 11) is 0. The minimum atomic E-state index is -0.247. The summed E-state index contributed by atoms with van der Waals surface area (Å²) in [5, 5.41) is 0. The number of hydrogen-bond donors (Lipinski definition) is 0. The number of carbonyl (C=O) groups excluding carboxylic acids is 2. The number of rotatable bonds is 11. The van der Waals surface area contributed by atoms with Gasteiger partial charge in [-0.2, -0.15) is 0 Å². The molecule has 0 N–H and O–H groups in total. The van der Waals surface area contributed by atoms with Gasteiger partial charge in [0.1, 0.15) is 6.61 Å². The quantitative estimate of drug-likeness (QED) is 0.430. The van der Waals surface area contributed by atoms with E-state index in [1.165, 1.54) is 13.8 Å². The number of carbonyl (C=O) groups is 2. The van der Waals surface area contributed by atoms with Crippen LogP contribution >= 0.6 is 0 Å². The van der Waals surface area contributed by atoms with Crippen molar-refractivity contribution >= 4 is 11.9 Å². The maximum absolute atomic E-state index is 10.4. The van der Waals surface area contributed by atoms with E-state index in [1.807, 2.05) is 20.8 Å². The standard InChI is InChI=1S/2C8H16O3/c1-4-8(10-5-2)6-11-7(3)9;1-3-10-6-4-5-7-11-8(2)9/h8H,4-6H2,1-3H3;3-7H2,1-2H3. The Kier molecular flexibility index (Phi) is 18.8. The van der Waals surface area contributed by atoms with E-state index in [4.69, 9.17) is 18.9 Å². The molecule has 0 aliphatic carbocycles. The van der Waals surface area contributed by atoms with Gasteiger partial charge in [-0.25, -0.2) is 0 Å². The molecule has 0 saturated carbocycles. The van der Waals surface area contributed by atoms with Crippen LogP contribution in [-0.4, -0.2) is 51.1 Å². The lowest BCUT2D eigenvalue weighted by Crippen LogP contribution is -2.20. The van der Waals surface area contributed by atoms with Crippen molar-refractivity contribution in [3.05, 3.63) is 0 Å². The van der Waals surface area contributed by atoms with Gasteiger partial charge in [0.05, 0.1) is 12.7 Å². The second kappa shape index (κ2) is 17.9. The highest BCUT2D eigenvalue weighted by Gasteiger charge is 2.06. The molecule has 1 atom stereocenters. The van der Waals surface area contributed by atoms with Crippen molar-refractivity contribution in [2.75, 3.05) is 33.0 Å². The molecule has 0 aromatic heterocycles. The van der Waals surface area contributed by atoms with Gasteiger partial charge in [0.25, 0.3) is 0 Å². The first kappa shape index (κ1) is 23.1. The highest BCUT2D eigenvalue weighted by atomic mass is 16.6. The Bertz CT molecular complexity index is 267. The van der Waals surface area contributed by atoms with Crippen molar-refractivity contribution in [2.45, 2.75) is 60.0 Å². The van der Waals surface area contributed by atoms with E-state index in [-0.39, 0.29) is 18.0 Å². The molecular weight excluding hydrogens is 288 g/mol. The zero-order valence-electron chi connectivity index (χ0n) is 14.7. The summed E-state index contributed by atoms with van der Waals surface area (Å²) in [4.78, 5) is 20.7. The topological polar surface area (TPSA) is 71.1 Å². The van der Waals surface area contributed by atoms with Crippen LogP contribution in [0.3, 0.4) is 0 Å². The molecule has 0 aliphatic rings. The third-order valence-electron chi connectivity index (χ3n) is 2.52. The molecule has 0 rings (SSSR count). The monoisotopic (exact) mass is 320 g/mol. The van der Waals surface area contributed by atoms with Gasteiger partial charge < -0.3 is 18.9 Å². The normalized spacial score (nSPS) is 11.1. The molecule has 0 saturated heterocycles. The maximum atomic E-state index is 10.4. The molecule has 1 unspecified atom stereocenters. The summed E-state index contributed by atoms with van der Waals surface area (Å²) >= 11 is 0. The predicted octanol–water partition coefficient (Wildman–Crippen LogP) is 2.73. The van der Waals surface area contributed by atoms with E-state index in [9.17, 15) is 9.59 Å². The van der Waals surface area contributed by atoms with Crippen molar-refractivity contribution in [3.8, 4) is 0 Å². The van der Waals surface area contributed by atoms with Crippen LogP contribution in [0.15, 0.2) is 0 Å². The molecule has 0 aromatic rings. The average molecular weight is 320 g/mol. The molecule has 0 amide bonds. The Balaban J connectivity index is 0. The molecule has 0 bridgehead atoms. The molecular formula is C16H32O6. The lowest BCUT2D eigenvalue weighted by molar-refractivity contribution is -0.145. The molecule has 0 heterocycles. The van der Waals surface area contributed by atoms with Gasteiger partial charge in [0, 0.05) is 33.7 Å². The molecule has 0 aromatic carbocycles. The summed E-state index contributed by atoms with van der Waals surface area (Å²) in [5.41, 5.74) is 0. The fourth-order valence-electron chi connectivity index (χ4n) is 1.40. The van der Waals surface area contributed by atoms with Crippen LogP contribution in [0.25, 0.3) is 0 Å². The highest BCUT2D eigenvalue weighted by Crippen LogP contribution is 1.98. The fourth-order valence-corrected chi connectivity index (χ4v) is 1.40. The van der Waals surface area contributed by atoms with Crippen molar-refractivity contribution < 1.29 is 28.5 Å². The first-order chi connectivity index (χ1) is 10.5. The molecule has 6 heteroatoms. The predicted molar refractivity (Wildman–Crippen MR) is 84.7 cm³/mol. The van der Waals surface area contributed by atoms with Crippen LogP contribution in [0.5, 0.6) is 0 Å². The molecule has 0 radical (unpaired) electrons. The van der Waals surface area contributed by atoms with E-state index >= 15 is 0 Å².